The van der Waals surface area contributed by atoms with Crippen LogP contribution in [-0.2, 0) is 9.59 Å². The van der Waals surface area contributed by atoms with E-state index < -0.39 is 5.91 Å². The van der Waals surface area contributed by atoms with Crippen LogP contribution >= 0.6 is 11.8 Å². The molecular weight excluding hydrogens is 554 g/mol. The maximum absolute atomic E-state index is 13.4. The number of thioether (sulfide) groups is 1. The highest BCUT2D eigenvalue weighted by molar-refractivity contribution is 8.00. The van der Waals surface area contributed by atoms with Gasteiger partial charge in [-0.3, -0.25) is 19.3 Å². The summed E-state index contributed by atoms with van der Waals surface area (Å²) in [5, 5.41) is 5.61. The van der Waals surface area contributed by atoms with Gasteiger partial charge < -0.3 is 10.6 Å². The molecule has 2 N–H and O–H groups in total. The average molecular weight is 584 g/mol. The number of anilines is 3. The van der Waals surface area contributed by atoms with E-state index in [0.717, 1.165) is 21.8 Å². The molecule has 5 aromatic rings. The molecule has 43 heavy (non-hydrogen) atoms. The minimum absolute atomic E-state index is 0.0513. The SMILES string of the molecule is O=C(Nc1ccc(SCC(=O)N(c2ccccc2)c2ccccc2)cc1)/C(=C/c1ccccc1)NC(=O)c1ccccc1. The Morgan fingerprint density at radius 2 is 1.14 bits per heavy atom. The Morgan fingerprint density at radius 1 is 0.628 bits per heavy atom. The lowest BCUT2D eigenvalue weighted by Crippen LogP contribution is -2.30. The smallest absolute Gasteiger partial charge is 0.272 e. The molecule has 0 aliphatic heterocycles. The van der Waals surface area contributed by atoms with Crippen molar-refractivity contribution in [2.75, 3.05) is 16.0 Å². The molecule has 3 amide bonds. The summed E-state index contributed by atoms with van der Waals surface area (Å²) in [7, 11) is 0. The number of hydrogen-bond donors (Lipinski definition) is 2. The summed E-state index contributed by atoms with van der Waals surface area (Å²) in [5.74, 6) is -0.658. The first kappa shape index (κ1) is 29.1. The highest BCUT2D eigenvalue weighted by Crippen LogP contribution is 2.28. The number of carbonyl (C=O) groups excluding carboxylic acids is 3. The Hall–Kier alpha value is -5.40. The second kappa shape index (κ2) is 14.5. The Kier molecular flexibility index (Phi) is 9.80. The molecular formula is C36H29N3O3S. The van der Waals surface area contributed by atoms with Gasteiger partial charge in [0, 0.05) is 27.5 Å². The van der Waals surface area contributed by atoms with Crippen LogP contribution in [0.2, 0.25) is 0 Å². The summed E-state index contributed by atoms with van der Waals surface area (Å²) in [4.78, 5) is 42.1. The first-order chi connectivity index (χ1) is 21.1. The van der Waals surface area contributed by atoms with E-state index in [1.165, 1.54) is 11.8 Å². The highest BCUT2D eigenvalue weighted by atomic mass is 32.2. The molecule has 0 saturated heterocycles. The van der Waals surface area contributed by atoms with Crippen molar-refractivity contribution in [1.82, 2.24) is 5.32 Å². The summed E-state index contributed by atoms with van der Waals surface area (Å²) in [6, 6.07) is 44.4. The second-order valence-corrected chi connectivity index (χ2v) is 10.5. The second-order valence-electron chi connectivity index (χ2n) is 9.46. The quantitative estimate of drug-likeness (QED) is 0.131. The number of hydrogen-bond acceptors (Lipinski definition) is 4. The maximum Gasteiger partial charge on any atom is 0.272 e. The monoisotopic (exact) mass is 583 g/mol. The van der Waals surface area contributed by atoms with Gasteiger partial charge in [0.05, 0.1) is 5.75 Å². The molecule has 5 aromatic carbocycles. The molecule has 212 valence electrons. The Bertz CT molecular complexity index is 1650. The van der Waals surface area contributed by atoms with Crippen LogP contribution < -0.4 is 15.5 Å². The van der Waals surface area contributed by atoms with Crippen LogP contribution in [0, 0.1) is 0 Å². The van der Waals surface area contributed by atoms with Gasteiger partial charge in [-0.05, 0) is 72.3 Å². The predicted octanol–water partition coefficient (Wildman–Crippen LogP) is 7.55. The van der Waals surface area contributed by atoms with E-state index in [1.807, 2.05) is 109 Å². The lowest BCUT2D eigenvalue weighted by Gasteiger charge is -2.23. The van der Waals surface area contributed by atoms with Crippen molar-refractivity contribution in [3.63, 3.8) is 0 Å². The molecule has 0 aromatic heterocycles. The average Bonchev–Trinajstić information content (AvgIpc) is 3.06. The van der Waals surface area contributed by atoms with Gasteiger partial charge in [-0.2, -0.15) is 0 Å². The Labute approximate surface area is 255 Å². The number of benzene rings is 5. The minimum atomic E-state index is -0.454. The Morgan fingerprint density at radius 3 is 1.70 bits per heavy atom. The molecule has 0 aliphatic carbocycles. The van der Waals surface area contributed by atoms with Crippen LogP contribution in [0.1, 0.15) is 15.9 Å². The van der Waals surface area contributed by atoms with E-state index in [4.69, 9.17) is 0 Å². The normalized spacial score (nSPS) is 10.9. The van der Waals surface area contributed by atoms with Gasteiger partial charge in [0.15, 0.2) is 0 Å². The van der Waals surface area contributed by atoms with Crippen LogP contribution in [0.15, 0.2) is 156 Å². The summed E-state index contributed by atoms with van der Waals surface area (Å²) in [6.45, 7) is 0. The molecule has 0 spiro atoms. The van der Waals surface area contributed by atoms with Crippen LogP contribution in [0.3, 0.4) is 0 Å². The summed E-state index contributed by atoms with van der Waals surface area (Å²) < 4.78 is 0. The molecule has 0 fully saturated rings. The fraction of sp³-hybridized carbons (Fsp3) is 0.0278. The number of rotatable bonds is 10. The summed E-state index contributed by atoms with van der Waals surface area (Å²) in [6.07, 6.45) is 1.64. The van der Waals surface area contributed by atoms with Crippen LogP contribution in [0.25, 0.3) is 6.08 Å². The van der Waals surface area contributed by atoms with Gasteiger partial charge in [-0.15, -0.1) is 11.8 Å². The van der Waals surface area contributed by atoms with Gasteiger partial charge in [-0.1, -0.05) is 84.9 Å². The van der Waals surface area contributed by atoms with Gasteiger partial charge in [0.2, 0.25) is 5.91 Å². The molecule has 0 aliphatic rings. The third kappa shape index (κ3) is 8.09. The number of para-hydroxylation sites is 2. The first-order valence-electron chi connectivity index (χ1n) is 13.7. The highest BCUT2D eigenvalue weighted by Gasteiger charge is 2.18. The minimum Gasteiger partial charge on any atom is -0.321 e. The fourth-order valence-electron chi connectivity index (χ4n) is 4.29. The van der Waals surface area contributed by atoms with Crippen molar-refractivity contribution in [1.29, 1.82) is 0 Å². The number of amides is 3. The third-order valence-electron chi connectivity index (χ3n) is 6.39. The Balaban J connectivity index is 1.25. The lowest BCUT2D eigenvalue weighted by molar-refractivity contribution is -0.115. The zero-order valence-electron chi connectivity index (χ0n) is 23.2. The summed E-state index contributed by atoms with van der Waals surface area (Å²) in [5.41, 5.74) is 3.50. The van der Waals surface area contributed by atoms with Gasteiger partial charge >= 0.3 is 0 Å². The zero-order valence-corrected chi connectivity index (χ0v) is 24.0. The van der Waals surface area contributed by atoms with E-state index in [2.05, 4.69) is 10.6 Å². The third-order valence-corrected chi connectivity index (χ3v) is 7.39. The molecule has 0 heterocycles. The largest absolute Gasteiger partial charge is 0.321 e. The first-order valence-corrected chi connectivity index (χ1v) is 14.7. The topological polar surface area (TPSA) is 78.5 Å². The van der Waals surface area contributed by atoms with E-state index >= 15 is 0 Å². The maximum atomic E-state index is 13.4. The van der Waals surface area contributed by atoms with E-state index in [9.17, 15) is 14.4 Å². The fourth-order valence-corrected chi connectivity index (χ4v) is 5.04. The van der Waals surface area contributed by atoms with Crippen LogP contribution in [-0.4, -0.2) is 23.5 Å². The molecule has 6 nitrogen and oxygen atoms in total. The van der Waals surface area contributed by atoms with Gasteiger partial charge in [0.25, 0.3) is 11.8 Å². The molecule has 0 bridgehead atoms. The van der Waals surface area contributed by atoms with E-state index in [0.29, 0.717) is 11.3 Å². The van der Waals surface area contributed by atoms with Crippen LogP contribution in [0.4, 0.5) is 17.1 Å². The molecule has 0 unspecified atom stereocenters. The van der Waals surface area contributed by atoms with Crippen molar-refractivity contribution in [2.45, 2.75) is 4.90 Å². The van der Waals surface area contributed by atoms with Crippen LogP contribution in [0.5, 0.6) is 0 Å². The van der Waals surface area contributed by atoms with Crippen molar-refractivity contribution >= 4 is 52.6 Å². The number of nitrogens with one attached hydrogen (secondary N) is 2. The molecule has 0 radical (unpaired) electrons. The molecule has 5 rings (SSSR count). The van der Waals surface area contributed by atoms with E-state index in [1.54, 1.807) is 47.4 Å². The zero-order chi connectivity index (χ0) is 29.9. The van der Waals surface area contributed by atoms with Crippen molar-refractivity contribution in [3.8, 4) is 0 Å². The molecule has 7 heteroatoms. The number of nitrogens with zero attached hydrogens (tertiary/aromatic N) is 1. The van der Waals surface area contributed by atoms with Crippen molar-refractivity contribution < 1.29 is 14.4 Å². The van der Waals surface area contributed by atoms with Crippen molar-refractivity contribution in [3.05, 3.63) is 162 Å². The molecule has 0 saturated carbocycles. The number of carbonyl (C=O) groups is 3. The molecule has 0 atom stereocenters. The standard InChI is InChI=1S/C36H29N3O3S/c40-34(39(30-17-9-3-10-18-30)31-19-11-4-12-20-31)26-43-32-23-21-29(22-24-32)37-36(42)33(25-27-13-5-1-6-14-27)38-35(41)28-15-7-2-8-16-28/h1-25H,26H2,(H,37,42)(H,38,41)/b33-25-. The van der Waals surface area contributed by atoms with Crippen molar-refractivity contribution in [2.24, 2.45) is 0 Å². The van der Waals surface area contributed by atoms with Gasteiger partial charge in [-0.25, -0.2) is 0 Å². The summed E-state index contributed by atoms with van der Waals surface area (Å²) >= 11 is 1.42. The lowest BCUT2D eigenvalue weighted by atomic mass is 10.1. The van der Waals surface area contributed by atoms with E-state index in [-0.39, 0.29) is 23.3 Å². The predicted molar refractivity (Wildman–Crippen MR) is 174 cm³/mol. The van der Waals surface area contributed by atoms with Gasteiger partial charge in [0.1, 0.15) is 5.70 Å².